The van der Waals surface area contributed by atoms with E-state index in [2.05, 4.69) is 10.3 Å². The van der Waals surface area contributed by atoms with Gasteiger partial charge in [0.1, 0.15) is 0 Å². The fraction of sp³-hybridized carbons (Fsp3) is 0.238. The number of benzene rings is 2. The third-order valence-electron chi connectivity index (χ3n) is 4.84. The van der Waals surface area contributed by atoms with Crippen molar-refractivity contribution in [2.24, 2.45) is 0 Å². The predicted octanol–water partition coefficient (Wildman–Crippen LogP) is 3.33. The van der Waals surface area contributed by atoms with Gasteiger partial charge in [0, 0.05) is 47.9 Å². The van der Waals surface area contributed by atoms with Gasteiger partial charge >= 0.3 is 0 Å². The number of nitrogens with zero attached hydrogens (tertiary/aromatic N) is 1. The number of carbonyl (C=O) groups is 2. The van der Waals surface area contributed by atoms with Crippen molar-refractivity contribution >= 4 is 22.7 Å². The Bertz CT molecular complexity index is 955. The summed E-state index contributed by atoms with van der Waals surface area (Å²) in [4.78, 5) is 29.8. The Balaban J connectivity index is 1.55. The zero-order chi connectivity index (χ0) is 18.1. The summed E-state index contributed by atoms with van der Waals surface area (Å²) in [5.41, 5.74) is 3.40. The van der Waals surface area contributed by atoms with Crippen LogP contribution in [-0.2, 0) is 6.54 Å². The minimum Gasteiger partial charge on any atom is -0.361 e. The van der Waals surface area contributed by atoms with Crippen LogP contribution in [0, 0.1) is 0 Å². The van der Waals surface area contributed by atoms with Crippen molar-refractivity contribution in [2.45, 2.75) is 25.4 Å². The summed E-state index contributed by atoms with van der Waals surface area (Å²) >= 11 is 0. The Morgan fingerprint density at radius 3 is 2.50 bits per heavy atom. The van der Waals surface area contributed by atoms with Gasteiger partial charge in [0.2, 0.25) is 0 Å². The number of H-pyrrole nitrogens is 1. The van der Waals surface area contributed by atoms with E-state index in [1.165, 1.54) is 0 Å². The van der Waals surface area contributed by atoms with Crippen LogP contribution in [0.1, 0.15) is 39.1 Å². The summed E-state index contributed by atoms with van der Waals surface area (Å²) in [6, 6.07) is 15.5. The molecule has 1 heterocycles. The minimum atomic E-state index is -0.105. The van der Waals surface area contributed by atoms with Crippen LogP contribution in [0.25, 0.3) is 10.9 Å². The van der Waals surface area contributed by atoms with E-state index in [0.29, 0.717) is 23.7 Å². The van der Waals surface area contributed by atoms with Gasteiger partial charge in [-0.15, -0.1) is 0 Å². The summed E-state index contributed by atoms with van der Waals surface area (Å²) in [6.45, 7) is 0.558. The van der Waals surface area contributed by atoms with E-state index < -0.39 is 0 Å². The van der Waals surface area contributed by atoms with Crippen molar-refractivity contribution in [3.8, 4) is 0 Å². The zero-order valence-electron chi connectivity index (χ0n) is 14.7. The Labute approximate surface area is 152 Å². The first-order chi connectivity index (χ1) is 12.7. The maximum atomic E-state index is 13.1. The number of aromatic amines is 1. The quantitative estimate of drug-likeness (QED) is 0.743. The number of hydrogen-bond acceptors (Lipinski definition) is 2. The number of carbonyl (C=O) groups excluding carboxylic acids is 2. The molecule has 1 saturated carbocycles. The summed E-state index contributed by atoms with van der Waals surface area (Å²) < 4.78 is 0. The maximum Gasteiger partial charge on any atom is 0.254 e. The van der Waals surface area contributed by atoms with Gasteiger partial charge in [0.15, 0.2) is 0 Å². The smallest absolute Gasteiger partial charge is 0.254 e. The maximum absolute atomic E-state index is 13.1. The summed E-state index contributed by atoms with van der Waals surface area (Å²) in [5.74, 6) is -0.0440. The molecule has 0 radical (unpaired) electrons. The van der Waals surface area contributed by atoms with E-state index >= 15 is 0 Å². The molecule has 4 rings (SSSR count). The fourth-order valence-corrected chi connectivity index (χ4v) is 3.21. The highest BCUT2D eigenvalue weighted by atomic mass is 16.2. The van der Waals surface area contributed by atoms with Gasteiger partial charge in [-0.2, -0.15) is 0 Å². The molecule has 3 aromatic rings. The van der Waals surface area contributed by atoms with Crippen LogP contribution in [0.5, 0.6) is 0 Å². The van der Waals surface area contributed by atoms with Crippen LogP contribution in [-0.4, -0.2) is 34.8 Å². The number of amides is 2. The Morgan fingerprint density at radius 1 is 1.08 bits per heavy atom. The molecule has 0 aliphatic heterocycles. The molecule has 5 nitrogen and oxygen atoms in total. The Kier molecular flexibility index (Phi) is 4.21. The fourth-order valence-electron chi connectivity index (χ4n) is 3.21. The van der Waals surface area contributed by atoms with Crippen molar-refractivity contribution in [3.63, 3.8) is 0 Å². The summed E-state index contributed by atoms with van der Waals surface area (Å²) in [6.07, 6.45) is 3.98. The van der Waals surface area contributed by atoms with Crippen molar-refractivity contribution in [3.05, 3.63) is 71.4 Å². The molecule has 26 heavy (non-hydrogen) atoms. The number of nitrogens with one attached hydrogen (secondary N) is 2. The summed E-state index contributed by atoms with van der Waals surface area (Å²) in [7, 11) is 1.62. The monoisotopic (exact) mass is 347 g/mol. The largest absolute Gasteiger partial charge is 0.361 e. The van der Waals surface area contributed by atoms with E-state index in [4.69, 9.17) is 0 Å². The molecular formula is C21H21N3O2. The second-order valence-electron chi connectivity index (χ2n) is 6.72. The van der Waals surface area contributed by atoms with Crippen molar-refractivity contribution < 1.29 is 9.59 Å². The molecule has 2 aromatic carbocycles. The average molecular weight is 347 g/mol. The van der Waals surface area contributed by atoms with Crippen LogP contribution in [0.3, 0.4) is 0 Å². The van der Waals surface area contributed by atoms with E-state index in [1.807, 2.05) is 47.5 Å². The lowest BCUT2D eigenvalue weighted by Crippen LogP contribution is -2.32. The number of hydrogen-bond donors (Lipinski definition) is 2. The van der Waals surface area contributed by atoms with Crippen LogP contribution in [0.2, 0.25) is 0 Å². The molecule has 1 fully saturated rings. The normalized spacial score (nSPS) is 13.6. The molecule has 0 unspecified atom stereocenters. The lowest BCUT2D eigenvalue weighted by molar-refractivity contribution is 0.0729. The first kappa shape index (κ1) is 16.4. The average Bonchev–Trinajstić information content (AvgIpc) is 3.41. The van der Waals surface area contributed by atoms with Crippen molar-refractivity contribution in [2.75, 3.05) is 7.05 Å². The number of fused-ring (bicyclic) bond motifs is 1. The number of rotatable bonds is 5. The number of aromatic nitrogens is 1. The molecule has 132 valence electrons. The minimum absolute atomic E-state index is 0.0611. The van der Waals surface area contributed by atoms with E-state index in [1.54, 1.807) is 19.2 Å². The van der Waals surface area contributed by atoms with Gasteiger partial charge in [0.05, 0.1) is 0 Å². The highest BCUT2D eigenvalue weighted by molar-refractivity contribution is 5.98. The second kappa shape index (κ2) is 6.67. The molecular weight excluding hydrogens is 326 g/mol. The third kappa shape index (κ3) is 3.20. The van der Waals surface area contributed by atoms with Crippen LogP contribution < -0.4 is 5.32 Å². The lowest BCUT2D eigenvalue weighted by Gasteiger charge is -2.23. The van der Waals surface area contributed by atoms with Crippen molar-refractivity contribution in [1.82, 2.24) is 15.2 Å². The third-order valence-corrected chi connectivity index (χ3v) is 4.84. The molecule has 0 spiro atoms. The van der Waals surface area contributed by atoms with Crippen LogP contribution in [0.15, 0.2) is 54.7 Å². The van der Waals surface area contributed by atoms with E-state index in [0.717, 1.165) is 29.3 Å². The van der Waals surface area contributed by atoms with Crippen LogP contribution in [0.4, 0.5) is 0 Å². The van der Waals surface area contributed by atoms with Gasteiger partial charge in [-0.3, -0.25) is 9.59 Å². The van der Waals surface area contributed by atoms with Gasteiger partial charge in [-0.25, -0.2) is 0 Å². The molecule has 0 bridgehead atoms. The SMILES string of the molecule is CNC(=O)c1ccc(CN(C(=O)c2ccc3[nH]ccc3c2)C2CC2)cc1. The molecule has 2 amide bonds. The molecule has 1 aromatic heterocycles. The van der Waals surface area contributed by atoms with E-state index in [-0.39, 0.29) is 11.8 Å². The van der Waals surface area contributed by atoms with Crippen LogP contribution >= 0.6 is 0 Å². The highest BCUT2D eigenvalue weighted by Crippen LogP contribution is 2.30. The molecule has 1 aliphatic carbocycles. The Morgan fingerprint density at radius 2 is 1.81 bits per heavy atom. The topological polar surface area (TPSA) is 65.2 Å². The van der Waals surface area contributed by atoms with Gasteiger partial charge < -0.3 is 15.2 Å². The second-order valence-corrected chi connectivity index (χ2v) is 6.72. The Hall–Kier alpha value is -3.08. The first-order valence-electron chi connectivity index (χ1n) is 8.85. The highest BCUT2D eigenvalue weighted by Gasteiger charge is 2.33. The van der Waals surface area contributed by atoms with Gasteiger partial charge in [-0.1, -0.05) is 12.1 Å². The zero-order valence-corrected chi connectivity index (χ0v) is 14.7. The van der Waals surface area contributed by atoms with Gasteiger partial charge in [-0.05, 0) is 54.8 Å². The molecule has 0 atom stereocenters. The predicted molar refractivity (Wildman–Crippen MR) is 101 cm³/mol. The standard InChI is InChI=1S/C21H21N3O2/c1-22-20(25)15-4-2-14(3-5-15)13-24(18-7-8-18)21(26)17-6-9-19-16(12-17)10-11-23-19/h2-6,9-12,18,23H,7-8,13H2,1H3,(H,22,25). The molecule has 5 heteroatoms. The molecule has 1 aliphatic rings. The lowest BCUT2D eigenvalue weighted by atomic mass is 10.1. The summed E-state index contributed by atoms with van der Waals surface area (Å²) in [5, 5.41) is 3.66. The molecule has 0 saturated heterocycles. The van der Waals surface area contributed by atoms with E-state index in [9.17, 15) is 9.59 Å². The molecule has 2 N–H and O–H groups in total. The van der Waals surface area contributed by atoms with Crippen molar-refractivity contribution in [1.29, 1.82) is 0 Å². The van der Waals surface area contributed by atoms with Gasteiger partial charge in [0.25, 0.3) is 11.8 Å². The first-order valence-corrected chi connectivity index (χ1v) is 8.85.